The first-order valence-corrected chi connectivity index (χ1v) is 17.8. The predicted octanol–water partition coefficient (Wildman–Crippen LogP) is 5.34. The standard InChI is InChI=1S/2C16H17ClFN5OS/c1-10(24)22-4-6-23(7-5-22)15-14(9-20-16(19)21-15)25-13-3-2-11(18)8-12(13)17;1-10(24)22-4-6-23(7-5-22)15-14(9-20-16(19)21-15)25-13-3-2-11(17)8-12(13)18/h2*2-3,8-9H,4-7H2,1H3,(H2,19,20,21). The molecule has 2 aliphatic heterocycles. The summed E-state index contributed by atoms with van der Waals surface area (Å²) in [6, 6.07) is 8.78. The molecule has 2 saturated heterocycles. The van der Waals surface area contributed by atoms with Crippen molar-refractivity contribution < 1.29 is 18.4 Å². The third kappa shape index (κ3) is 9.56. The van der Waals surface area contributed by atoms with E-state index in [1.54, 1.807) is 54.2 Å². The highest BCUT2D eigenvalue weighted by Crippen LogP contribution is 2.39. The number of halogens is 4. The van der Waals surface area contributed by atoms with Gasteiger partial charge in [0.1, 0.15) is 23.3 Å². The largest absolute Gasteiger partial charge is 0.368 e. The van der Waals surface area contributed by atoms with Crippen LogP contribution in [0.2, 0.25) is 10.0 Å². The zero-order chi connectivity index (χ0) is 35.9. The molecular formula is C32H34Cl2F2N10O2S2. The van der Waals surface area contributed by atoms with Gasteiger partial charge < -0.3 is 31.1 Å². The van der Waals surface area contributed by atoms with Crippen LogP contribution in [0.1, 0.15) is 13.8 Å². The first-order chi connectivity index (χ1) is 23.9. The van der Waals surface area contributed by atoms with Gasteiger partial charge in [0.2, 0.25) is 23.7 Å². The monoisotopic (exact) mass is 762 g/mol. The molecule has 18 heteroatoms. The molecular weight excluding hydrogens is 729 g/mol. The van der Waals surface area contributed by atoms with E-state index in [4.69, 9.17) is 34.7 Å². The van der Waals surface area contributed by atoms with Crippen LogP contribution < -0.4 is 21.3 Å². The molecule has 0 aliphatic carbocycles. The Morgan fingerprint density at radius 2 is 1.14 bits per heavy atom. The number of anilines is 4. The van der Waals surface area contributed by atoms with Crippen molar-refractivity contribution in [1.82, 2.24) is 29.7 Å². The van der Waals surface area contributed by atoms with Crippen LogP contribution in [0.5, 0.6) is 0 Å². The highest BCUT2D eigenvalue weighted by atomic mass is 35.5. The van der Waals surface area contributed by atoms with Gasteiger partial charge in [-0.1, -0.05) is 46.7 Å². The molecule has 50 heavy (non-hydrogen) atoms. The Kier molecular flexibility index (Phi) is 12.4. The highest BCUT2D eigenvalue weighted by Gasteiger charge is 2.24. The number of nitrogen functional groups attached to an aromatic ring is 2. The van der Waals surface area contributed by atoms with Crippen molar-refractivity contribution in [3.8, 4) is 0 Å². The van der Waals surface area contributed by atoms with Gasteiger partial charge in [0.05, 0.1) is 14.8 Å². The lowest BCUT2D eigenvalue weighted by molar-refractivity contribution is -0.129. The summed E-state index contributed by atoms with van der Waals surface area (Å²) >= 11 is 14.5. The topological polar surface area (TPSA) is 151 Å². The van der Waals surface area contributed by atoms with Crippen LogP contribution in [0.15, 0.2) is 68.4 Å². The summed E-state index contributed by atoms with van der Waals surface area (Å²) in [6.45, 7) is 8.17. The van der Waals surface area contributed by atoms with E-state index in [2.05, 4.69) is 24.8 Å². The molecule has 4 N–H and O–H groups in total. The summed E-state index contributed by atoms with van der Waals surface area (Å²) in [5.41, 5.74) is 11.5. The third-order valence-corrected chi connectivity index (χ3v) is 10.6. The maximum atomic E-state index is 14.1. The molecule has 4 aromatic rings. The van der Waals surface area contributed by atoms with E-state index in [0.717, 1.165) is 4.90 Å². The molecule has 12 nitrogen and oxygen atoms in total. The minimum Gasteiger partial charge on any atom is -0.368 e. The number of nitrogens with two attached hydrogens (primary N) is 2. The second kappa shape index (κ2) is 16.7. The molecule has 4 heterocycles. The number of amides is 2. The quantitative estimate of drug-likeness (QED) is 0.261. The predicted molar refractivity (Wildman–Crippen MR) is 193 cm³/mol. The van der Waals surface area contributed by atoms with E-state index in [9.17, 15) is 18.4 Å². The van der Waals surface area contributed by atoms with Gasteiger partial charge >= 0.3 is 0 Å². The third-order valence-electron chi connectivity index (χ3n) is 7.79. The van der Waals surface area contributed by atoms with Crippen molar-refractivity contribution in [3.63, 3.8) is 0 Å². The number of rotatable bonds is 6. The number of carbonyl (C=O) groups excluding carboxylic acids is 2. The van der Waals surface area contributed by atoms with Gasteiger partial charge in [0.25, 0.3) is 0 Å². The maximum Gasteiger partial charge on any atom is 0.222 e. The van der Waals surface area contributed by atoms with Gasteiger partial charge in [-0.05, 0) is 36.4 Å². The van der Waals surface area contributed by atoms with Gasteiger partial charge in [-0.3, -0.25) is 9.59 Å². The lowest BCUT2D eigenvalue weighted by Gasteiger charge is -2.35. The number of aromatic nitrogens is 4. The molecule has 2 fully saturated rings. The minimum atomic E-state index is -0.401. The fourth-order valence-corrected chi connectivity index (χ4v) is 7.41. The van der Waals surface area contributed by atoms with E-state index in [-0.39, 0.29) is 29.5 Å². The van der Waals surface area contributed by atoms with E-state index in [1.807, 2.05) is 4.90 Å². The number of hydrogen-bond donors (Lipinski definition) is 2. The number of nitrogens with zero attached hydrogens (tertiary/aromatic N) is 8. The zero-order valence-electron chi connectivity index (χ0n) is 27.2. The number of piperazine rings is 2. The van der Waals surface area contributed by atoms with E-state index in [1.165, 1.54) is 41.7 Å². The van der Waals surface area contributed by atoms with Gasteiger partial charge in [0, 0.05) is 93.4 Å². The molecule has 0 bridgehead atoms. The van der Waals surface area contributed by atoms with Crippen LogP contribution in [0.25, 0.3) is 0 Å². The van der Waals surface area contributed by atoms with Gasteiger partial charge in [-0.15, -0.1) is 0 Å². The van der Waals surface area contributed by atoms with Gasteiger partial charge in [-0.25, -0.2) is 18.7 Å². The Bertz CT molecular complexity index is 1730. The highest BCUT2D eigenvalue weighted by molar-refractivity contribution is 7.99. The lowest BCUT2D eigenvalue weighted by atomic mass is 10.3. The molecule has 0 atom stereocenters. The number of benzene rings is 2. The molecule has 2 amide bonds. The Labute approximate surface area is 306 Å². The summed E-state index contributed by atoms with van der Waals surface area (Å²) in [4.78, 5) is 50.0. The molecule has 0 saturated carbocycles. The molecule has 264 valence electrons. The summed E-state index contributed by atoms with van der Waals surface area (Å²) in [5, 5.41) is 0.671. The van der Waals surface area contributed by atoms with Crippen LogP contribution in [-0.2, 0) is 9.59 Å². The van der Waals surface area contributed by atoms with Crippen LogP contribution in [0, 0.1) is 11.6 Å². The van der Waals surface area contributed by atoms with E-state index >= 15 is 0 Å². The van der Waals surface area contributed by atoms with Crippen molar-refractivity contribution in [2.45, 2.75) is 33.4 Å². The second-order valence-corrected chi connectivity index (χ2v) is 14.2. The summed E-state index contributed by atoms with van der Waals surface area (Å²) in [5.74, 6) is 1.01. The minimum absolute atomic E-state index is 0.0553. The lowest BCUT2D eigenvalue weighted by Crippen LogP contribution is -2.48. The molecule has 0 radical (unpaired) electrons. The van der Waals surface area contributed by atoms with Crippen LogP contribution >= 0.6 is 46.7 Å². The molecule has 2 aliphatic rings. The van der Waals surface area contributed by atoms with Crippen molar-refractivity contribution in [1.29, 1.82) is 0 Å². The van der Waals surface area contributed by atoms with Crippen molar-refractivity contribution in [2.24, 2.45) is 0 Å². The van der Waals surface area contributed by atoms with Crippen LogP contribution in [0.4, 0.5) is 32.3 Å². The van der Waals surface area contributed by atoms with Gasteiger partial charge in [0.15, 0.2) is 0 Å². The Morgan fingerprint density at radius 3 is 1.58 bits per heavy atom. The first kappa shape index (κ1) is 37.1. The van der Waals surface area contributed by atoms with E-state index in [0.29, 0.717) is 88.7 Å². The van der Waals surface area contributed by atoms with Crippen LogP contribution in [-0.4, -0.2) is 93.9 Å². The molecule has 0 unspecified atom stereocenters. The zero-order valence-corrected chi connectivity index (χ0v) is 30.3. The molecule has 0 spiro atoms. The Hall–Kier alpha value is -4.12. The maximum absolute atomic E-state index is 14.1. The average molecular weight is 764 g/mol. The number of carbonyl (C=O) groups is 2. The number of hydrogen-bond acceptors (Lipinski definition) is 12. The first-order valence-electron chi connectivity index (χ1n) is 15.4. The smallest absolute Gasteiger partial charge is 0.222 e. The SMILES string of the molecule is CC(=O)N1CCN(c2nc(N)ncc2Sc2ccc(Cl)cc2F)CC1.CC(=O)N1CCN(c2nc(N)ncc2Sc2ccc(F)cc2Cl)CC1. The summed E-state index contributed by atoms with van der Waals surface area (Å²) in [7, 11) is 0. The Morgan fingerprint density at radius 1 is 0.680 bits per heavy atom. The van der Waals surface area contributed by atoms with Crippen molar-refractivity contribution in [3.05, 3.63) is 70.5 Å². The fourth-order valence-electron chi connectivity index (χ4n) is 5.17. The van der Waals surface area contributed by atoms with E-state index < -0.39 is 5.82 Å². The summed E-state index contributed by atoms with van der Waals surface area (Å²) < 4.78 is 27.3. The molecule has 2 aromatic carbocycles. The molecule has 2 aromatic heterocycles. The fraction of sp³-hybridized carbons (Fsp3) is 0.312. The molecule has 6 rings (SSSR count). The normalized spacial score (nSPS) is 14.7. The average Bonchev–Trinajstić information content (AvgIpc) is 3.09. The van der Waals surface area contributed by atoms with Crippen LogP contribution in [0.3, 0.4) is 0 Å². The van der Waals surface area contributed by atoms with Crippen molar-refractivity contribution >= 4 is 82.1 Å². The Balaban J connectivity index is 0.000000194. The van der Waals surface area contributed by atoms with Crippen molar-refractivity contribution in [2.75, 3.05) is 73.6 Å². The summed E-state index contributed by atoms with van der Waals surface area (Å²) in [6.07, 6.45) is 3.23. The van der Waals surface area contributed by atoms with Gasteiger partial charge in [-0.2, -0.15) is 9.97 Å². The second-order valence-electron chi connectivity index (χ2n) is 11.2.